The molecule has 0 atom stereocenters. The van der Waals surface area contributed by atoms with Crippen molar-refractivity contribution in [3.63, 3.8) is 0 Å². The molecule has 0 saturated carbocycles. The minimum Gasteiger partial charge on any atom is -0.497 e. The van der Waals surface area contributed by atoms with Crippen molar-refractivity contribution in [3.05, 3.63) is 24.3 Å². The Morgan fingerprint density at radius 2 is 1.90 bits per heavy atom. The van der Waals surface area contributed by atoms with Gasteiger partial charge in [-0.3, -0.25) is 0 Å². The third-order valence-corrected chi connectivity index (χ3v) is 5.16. The number of methoxy groups -OCH3 is 1. The van der Waals surface area contributed by atoms with E-state index in [0.29, 0.717) is 31.8 Å². The van der Waals surface area contributed by atoms with Crippen LogP contribution in [-0.2, 0) is 14.8 Å². The molecular formula is C13H20N2O4S. The molecule has 1 fully saturated rings. The second-order valence-corrected chi connectivity index (χ2v) is 6.56. The lowest BCUT2D eigenvalue weighted by atomic mass is 9.92. The Labute approximate surface area is 119 Å². The fourth-order valence-electron chi connectivity index (χ4n) is 2.21. The fraction of sp³-hybridized carbons (Fsp3) is 0.538. The molecule has 3 N–H and O–H groups in total. The predicted octanol–water partition coefficient (Wildman–Crippen LogP) is 0.481. The molecule has 112 valence electrons. The number of nitrogens with one attached hydrogen (secondary N) is 1. The lowest BCUT2D eigenvalue weighted by molar-refractivity contribution is 0.0502. The van der Waals surface area contributed by atoms with Crippen LogP contribution in [0.3, 0.4) is 0 Å². The van der Waals surface area contributed by atoms with Crippen LogP contribution in [0.5, 0.6) is 5.75 Å². The minimum absolute atomic E-state index is 0.206. The highest BCUT2D eigenvalue weighted by Gasteiger charge is 2.35. The summed E-state index contributed by atoms with van der Waals surface area (Å²) >= 11 is 0. The summed E-state index contributed by atoms with van der Waals surface area (Å²) in [5.41, 5.74) is 5.15. The number of ether oxygens (including phenoxy) is 2. The molecular weight excluding hydrogens is 280 g/mol. The average molecular weight is 300 g/mol. The first-order valence-electron chi connectivity index (χ1n) is 6.47. The van der Waals surface area contributed by atoms with E-state index < -0.39 is 15.6 Å². The second kappa shape index (κ2) is 6.09. The van der Waals surface area contributed by atoms with E-state index in [1.165, 1.54) is 19.2 Å². The summed E-state index contributed by atoms with van der Waals surface area (Å²) in [5, 5.41) is 0. The molecule has 6 nitrogen and oxygen atoms in total. The van der Waals surface area contributed by atoms with Gasteiger partial charge in [0.05, 0.1) is 12.0 Å². The first kappa shape index (κ1) is 15.2. The SMILES string of the molecule is COc1ccc(S(=O)(=O)NC2(CN)CCOCC2)cc1. The minimum atomic E-state index is -3.60. The van der Waals surface area contributed by atoms with Gasteiger partial charge in [-0.25, -0.2) is 13.1 Å². The zero-order valence-electron chi connectivity index (χ0n) is 11.5. The van der Waals surface area contributed by atoms with Crippen LogP contribution in [0.25, 0.3) is 0 Å². The van der Waals surface area contributed by atoms with Crippen molar-refractivity contribution < 1.29 is 17.9 Å². The van der Waals surface area contributed by atoms with Gasteiger partial charge in [-0.1, -0.05) is 0 Å². The van der Waals surface area contributed by atoms with Gasteiger partial charge < -0.3 is 15.2 Å². The quantitative estimate of drug-likeness (QED) is 0.825. The lowest BCUT2D eigenvalue weighted by Gasteiger charge is -2.36. The molecule has 20 heavy (non-hydrogen) atoms. The first-order valence-corrected chi connectivity index (χ1v) is 7.95. The number of rotatable bonds is 5. The normalized spacial score (nSPS) is 18.7. The summed E-state index contributed by atoms with van der Waals surface area (Å²) in [6.45, 7) is 1.29. The van der Waals surface area contributed by atoms with E-state index in [2.05, 4.69) is 4.72 Å². The van der Waals surface area contributed by atoms with Gasteiger partial charge in [0.1, 0.15) is 5.75 Å². The molecule has 0 amide bonds. The highest BCUT2D eigenvalue weighted by Crippen LogP contribution is 2.23. The van der Waals surface area contributed by atoms with E-state index in [1.807, 2.05) is 0 Å². The van der Waals surface area contributed by atoms with Gasteiger partial charge in [-0.05, 0) is 37.1 Å². The summed E-state index contributed by atoms with van der Waals surface area (Å²) in [6, 6.07) is 6.27. The topological polar surface area (TPSA) is 90.7 Å². The molecule has 1 aromatic carbocycles. The van der Waals surface area contributed by atoms with Crippen LogP contribution in [-0.4, -0.2) is 40.8 Å². The van der Waals surface area contributed by atoms with E-state index in [-0.39, 0.29) is 11.4 Å². The smallest absolute Gasteiger partial charge is 0.241 e. The van der Waals surface area contributed by atoms with Gasteiger partial charge in [0.15, 0.2) is 0 Å². The molecule has 1 aliphatic rings. The standard InChI is InChI=1S/C13H20N2O4S/c1-18-11-2-4-12(5-3-11)20(16,17)15-13(10-14)6-8-19-9-7-13/h2-5,15H,6-10,14H2,1H3. The number of hydrogen-bond acceptors (Lipinski definition) is 5. The van der Waals surface area contributed by atoms with Crippen molar-refractivity contribution in [1.29, 1.82) is 0 Å². The number of hydrogen-bond donors (Lipinski definition) is 2. The summed E-state index contributed by atoms with van der Waals surface area (Å²) < 4.78 is 37.9. The Bertz CT molecular complexity index is 536. The van der Waals surface area contributed by atoms with E-state index in [0.717, 1.165) is 0 Å². The van der Waals surface area contributed by atoms with E-state index in [1.54, 1.807) is 12.1 Å². The van der Waals surface area contributed by atoms with Crippen molar-refractivity contribution in [1.82, 2.24) is 4.72 Å². The monoisotopic (exact) mass is 300 g/mol. The Hall–Kier alpha value is -1.15. The predicted molar refractivity (Wildman–Crippen MR) is 75.2 cm³/mol. The Morgan fingerprint density at radius 3 is 2.40 bits per heavy atom. The summed E-state index contributed by atoms with van der Waals surface area (Å²) in [4.78, 5) is 0.206. The maximum absolute atomic E-state index is 12.4. The van der Waals surface area contributed by atoms with Gasteiger partial charge in [-0.15, -0.1) is 0 Å². The fourth-order valence-corrected chi connectivity index (χ4v) is 3.68. The highest BCUT2D eigenvalue weighted by atomic mass is 32.2. The van der Waals surface area contributed by atoms with Crippen LogP contribution in [0.4, 0.5) is 0 Å². The second-order valence-electron chi connectivity index (χ2n) is 4.88. The van der Waals surface area contributed by atoms with Crippen LogP contribution in [0.2, 0.25) is 0 Å². The van der Waals surface area contributed by atoms with Crippen molar-refractivity contribution >= 4 is 10.0 Å². The van der Waals surface area contributed by atoms with Gasteiger partial charge in [0.25, 0.3) is 0 Å². The largest absolute Gasteiger partial charge is 0.497 e. The molecule has 1 aliphatic heterocycles. The molecule has 1 heterocycles. The van der Waals surface area contributed by atoms with Crippen LogP contribution >= 0.6 is 0 Å². The maximum atomic E-state index is 12.4. The molecule has 0 radical (unpaired) electrons. The van der Waals surface area contributed by atoms with Crippen molar-refractivity contribution in [3.8, 4) is 5.75 Å². The molecule has 0 aromatic heterocycles. The molecule has 0 spiro atoms. The molecule has 2 rings (SSSR count). The first-order chi connectivity index (χ1) is 9.51. The van der Waals surface area contributed by atoms with Gasteiger partial charge in [0.2, 0.25) is 10.0 Å². The van der Waals surface area contributed by atoms with Crippen LogP contribution in [0.15, 0.2) is 29.2 Å². The maximum Gasteiger partial charge on any atom is 0.241 e. The Kier molecular flexibility index (Phi) is 4.64. The van der Waals surface area contributed by atoms with Gasteiger partial charge in [-0.2, -0.15) is 0 Å². The molecule has 1 aromatic rings. The van der Waals surface area contributed by atoms with Gasteiger partial charge in [0, 0.05) is 25.3 Å². The zero-order chi connectivity index (χ0) is 14.6. The van der Waals surface area contributed by atoms with Crippen molar-refractivity contribution in [2.45, 2.75) is 23.3 Å². The molecule has 1 saturated heterocycles. The lowest BCUT2D eigenvalue weighted by Crippen LogP contribution is -2.56. The molecule has 0 bridgehead atoms. The van der Waals surface area contributed by atoms with E-state index in [9.17, 15) is 8.42 Å². The molecule has 0 unspecified atom stereocenters. The number of sulfonamides is 1. The van der Waals surface area contributed by atoms with Crippen molar-refractivity contribution in [2.24, 2.45) is 5.73 Å². The molecule has 0 aliphatic carbocycles. The van der Waals surface area contributed by atoms with Gasteiger partial charge >= 0.3 is 0 Å². The summed E-state index contributed by atoms with van der Waals surface area (Å²) in [6.07, 6.45) is 1.16. The van der Waals surface area contributed by atoms with Crippen molar-refractivity contribution in [2.75, 3.05) is 26.9 Å². The Balaban J connectivity index is 2.20. The third-order valence-electron chi connectivity index (χ3n) is 3.56. The van der Waals surface area contributed by atoms with Crippen LogP contribution < -0.4 is 15.2 Å². The highest BCUT2D eigenvalue weighted by molar-refractivity contribution is 7.89. The molecule has 7 heteroatoms. The average Bonchev–Trinajstić information content (AvgIpc) is 2.48. The summed E-state index contributed by atoms with van der Waals surface area (Å²) in [5.74, 6) is 0.614. The zero-order valence-corrected chi connectivity index (χ0v) is 12.3. The summed E-state index contributed by atoms with van der Waals surface area (Å²) in [7, 11) is -2.06. The number of nitrogens with two attached hydrogens (primary N) is 1. The van der Waals surface area contributed by atoms with E-state index in [4.69, 9.17) is 15.2 Å². The van der Waals surface area contributed by atoms with Crippen LogP contribution in [0, 0.1) is 0 Å². The third kappa shape index (κ3) is 3.29. The van der Waals surface area contributed by atoms with Crippen LogP contribution in [0.1, 0.15) is 12.8 Å². The van der Waals surface area contributed by atoms with E-state index >= 15 is 0 Å². The Morgan fingerprint density at radius 1 is 1.30 bits per heavy atom. The number of benzene rings is 1.